The molecule has 1 fully saturated rings. The van der Waals surface area contributed by atoms with Gasteiger partial charge in [0.25, 0.3) is 0 Å². The van der Waals surface area contributed by atoms with E-state index in [1.54, 1.807) is 0 Å². The number of likely N-dealkylation sites (N-methyl/N-ethyl adjacent to an activating group) is 1. The van der Waals surface area contributed by atoms with Crippen molar-refractivity contribution in [3.8, 4) is 0 Å². The van der Waals surface area contributed by atoms with Gasteiger partial charge in [-0.15, -0.1) is 0 Å². The van der Waals surface area contributed by atoms with Crippen LogP contribution in [0, 0.1) is 0 Å². The van der Waals surface area contributed by atoms with Gasteiger partial charge < -0.3 is 10.8 Å². The zero-order valence-corrected chi connectivity index (χ0v) is 12.5. The number of nitrogens with two attached hydrogens (primary N) is 1. The summed E-state index contributed by atoms with van der Waals surface area (Å²) in [7, 11) is 0. The van der Waals surface area contributed by atoms with Crippen molar-refractivity contribution in [3.05, 3.63) is 0 Å². The molecule has 3 N–H and O–H groups in total. The molecule has 1 rings (SSSR count). The molecule has 3 unspecified atom stereocenters. The van der Waals surface area contributed by atoms with Gasteiger partial charge in [0, 0.05) is 30.7 Å². The molecule has 0 aromatic heterocycles. The summed E-state index contributed by atoms with van der Waals surface area (Å²) in [5, 5.41) is 9.25. The molecule has 0 aromatic carbocycles. The van der Waals surface area contributed by atoms with E-state index in [-0.39, 0.29) is 6.61 Å². The lowest BCUT2D eigenvalue weighted by molar-refractivity contribution is 0.142. The van der Waals surface area contributed by atoms with Crippen LogP contribution in [0.25, 0.3) is 0 Å². The van der Waals surface area contributed by atoms with Crippen molar-refractivity contribution >= 4 is 0 Å². The first-order valence-electron chi connectivity index (χ1n) is 7.31. The van der Waals surface area contributed by atoms with Gasteiger partial charge in [-0.25, -0.2) is 0 Å². The van der Waals surface area contributed by atoms with Crippen molar-refractivity contribution in [2.75, 3.05) is 32.8 Å². The summed E-state index contributed by atoms with van der Waals surface area (Å²) in [4.78, 5) is 5.06. The molecule has 1 heterocycles. The minimum Gasteiger partial charge on any atom is -0.394 e. The summed E-state index contributed by atoms with van der Waals surface area (Å²) in [5.41, 5.74) is 5.59. The maximum atomic E-state index is 9.25. The van der Waals surface area contributed by atoms with Gasteiger partial charge in [0.2, 0.25) is 0 Å². The maximum Gasteiger partial charge on any atom is 0.0609 e. The molecule has 0 spiro atoms. The van der Waals surface area contributed by atoms with Crippen LogP contribution in [0.3, 0.4) is 0 Å². The third kappa shape index (κ3) is 4.19. The van der Waals surface area contributed by atoms with Gasteiger partial charge in [-0.3, -0.25) is 9.80 Å². The molecular formula is C14H31N3O. The Hall–Kier alpha value is -0.160. The van der Waals surface area contributed by atoms with E-state index in [1.807, 2.05) is 6.92 Å². The topological polar surface area (TPSA) is 52.7 Å². The van der Waals surface area contributed by atoms with Crippen molar-refractivity contribution < 1.29 is 5.11 Å². The molecule has 1 aliphatic heterocycles. The van der Waals surface area contributed by atoms with E-state index in [2.05, 4.69) is 30.6 Å². The molecule has 0 aromatic rings. The second kappa shape index (κ2) is 6.85. The first kappa shape index (κ1) is 15.9. The number of nitrogens with zero attached hydrogens (tertiary/aromatic N) is 2. The molecule has 4 heteroatoms. The minimum atomic E-state index is -0.452. The normalized spacial score (nSPS) is 26.5. The van der Waals surface area contributed by atoms with E-state index in [0.29, 0.717) is 12.1 Å². The maximum absolute atomic E-state index is 9.25. The summed E-state index contributed by atoms with van der Waals surface area (Å²) in [5.74, 6) is 0. The average molecular weight is 257 g/mol. The number of aliphatic hydroxyl groups excluding tert-OH is 1. The lowest BCUT2D eigenvalue weighted by Crippen LogP contribution is -2.47. The third-order valence-corrected chi connectivity index (χ3v) is 4.27. The monoisotopic (exact) mass is 257 g/mol. The summed E-state index contributed by atoms with van der Waals surface area (Å²) in [6.45, 7) is 13.3. The Morgan fingerprint density at radius 3 is 2.56 bits per heavy atom. The lowest BCUT2D eigenvalue weighted by Gasteiger charge is -2.32. The van der Waals surface area contributed by atoms with Gasteiger partial charge in [-0.1, -0.05) is 13.8 Å². The number of hydrogen-bond acceptors (Lipinski definition) is 4. The molecule has 3 atom stereocenters. The summed E-state index contributed by atoms with van der Waals surface area (Å²) < 4.78 is 0. The highest BCUT2D eigenvalue weighted by atomic mass is 16.3. The van der Waals surface area contributed by atoms with Crippen LogP contribution in [0.4, 0.5) is 0 Å². The van der Waals surface area contributed by atoms with Crippen LogP contribution in [-0.4, -0.2) is 65.3 Å². The van der Waals surface area contributed by atoms with E-state index in [1.165, 1.54) is 6.42 Å². The zero-order valence-electron chi connectivity index (χ0n) is 12.5. The lowest BCUT2D eigenvalue weighted by atomic mass is 9.95. The Labute approximate surface area is 112 Å². The number of likely N-dealkylation sites (tertiary alicyclic amines) is 1. The van der Waals surface area contributed by atoms with Gasteiger partial charge in [0.1, 0.15) is 0 Å². The predicted molar refractivity (Wildman–Crippen MR) is 76.7 cm³/mol. The van der Waals surface area contributed by atoms with Crippen molar-refractivity contribution in [2.45, 2.75) is 58.2 Å². The van der Waals surface area contributed by atoms with Crippen LogP contribution in [0.2, 0.25) is 0 Å². The Morgan fingerprint density at radius 2 is 2.06 bits per heavy atom. The number of hydrogen-bond donors (Lipinski definition) is 2. The quantitative estimate of drug-likeness (QED) is 0.711. The van der Waals surface area contributed by atoms with Crippen LogP contribution in [0.5, 0.6) is 0 Å². The van der Waals surface area contributed by atoms with Gasteiger partial charge in [-0.05, 0) is 39.8 Å². The van der Waals surface area contributed by atoms with Crippen molar-refractivity contribution in [3.63, 3.8) is 0 Å². The second-order valence-corrected chi connectivity index (χ2v) is 6.02. The molecule has 108 valence electrons. The Bertz CT molecular complexity index is 241. The third-order valence-electron chi connectivity index (χ3n) is 4.27. The van der Waals surface area contributed by atoms with E-state index >= 15 is 0 Å². The number of rotatable bonds is 7. The summed E-state index contributed by atoms with van der Waals surface area (Å²) >= 11 is 0. The molecular weight excluding hydrogens is 226 g/mol. The van der Waals surface area contributed by atoms with Crippen LogP contribution in [0.15, 0.2) is 0 Å². The van der Waals surface area contributed by atoms with Gasteiger partial charge in [-0.2, -0.15) is 0 Å². The van der Waals surface area contributed by atoms with Gasteiger partial charge >= 0.3 is 0 Å². The van der Waals surface area contributed by atoms with E-state index < -0.39 is 5.54 Å². The first-order chi connectivity index (χ1) is 8.43. The standard InChI is InChI=1S/C14H31N3O/c1-5-16(6-2)13-7-8-17(10-13)12(3)9-14(4,15)11-18/h12-13,18H,5-11,15H2,1-4H3. The van der Waals surface area contributed by atoms with Crippen molar-refractivity contribution in [2.24, 2.45) is 5.73 Å². The average Bonchev–Trinajstić information content (AvgIpc) is 2.80. The van der Waals surface area contributed by atoms with E-state index in [9.17, 15) is 5.11 Å². The van der Waals surface area contributed by atoms with E-state index in [0.717, 1.165) is 32.6 Å². The van der Waals surface area contributed by atoms with E-state index in [4.69, 9.17) is 5.73 Å². The highest BCUT2D eigenvalue weighted by Crippen LogP contribution is 2.21. The van der Waals surface area contributed by atoms with Crippen LogP contribution in [0.1, 0.15) is 40.5 Å². The smallest absolute Gasteiger partial charge is 0.0609 e. The minimum absolute atomic E-state index is 0.0602. The molecule has 0 bridgehead atoms. The molecule has 0 radical (unpaired) electrons. The van der Waals surface area contributed by atoms with Crippen molar-refractivity contribution in [1.29, 1.82) is 0 Å². The molecule has 0 saturated carbocycles. The molecule has 4 nitrogen and oxygen atoms in total. The molecule has 1 saturated heterocycles. The highest BCUT2D eigenvalue weighted by molar-refractivity contribution is 4.89. The number of aliphatic hydroxyl groups is 1. The summed E-state index contributed by atoms with van der Waals surface area (Å²) in [6.07, 6.45) is 2.11. The molecule has 18 heavy (non-hydrogen) atoms. The predicted octanol–water partition coefficient (Wildman–Crippen LogP) is 0.891. The SMILES string of the molecule is CCN(CC)C1CCN(C(C)CC(C)(N)CO)C1. The molecule has 0 amide bonds. The highest BCUT2D eigenvalue weighted by Gasteiger charge is 2.31. The second-order valence-electron chi connectivity index (χ2n) is 6.02. The largest absolute Gasteiger partial charge is 0.394 e. The van der Waals surface area contributed by atoms with Crippen LogP contribution >= 0.6 is 0 Å². The zero-order chi connectivity index (χ0) is 13.8. The van der Waals surface area contributed by atoms with Gasteiger partial charge in [0.15, 0.2) is 0 Å². The fourth-order valence-corrected chi connectivity index (χ4v) is 3.08. The first-order valence-corrected chi connectivity index (χ1v) is 7.31. The Balaban J connectivity index is 2.46. The fraction of sp³-hybridized carbons (Fsp3) is 1.00. The summed E-state index contributed by atoms with van der Waals surface area (Å²) in [6, 6.07) is 1.15. The van der Waals surface area contributed by atoms with Crippen LogP contribution < -0.4 is 5.73 Å². The fourth-order valence-electron chi connectivity index (χ4n) is 3.08. The molecule has 1 aliphatic rings. The van der Waals surface area contributed by atoms with Gasteiger partial charge in [0.05, 0.1) is 6.61 Å². The van der Waals surface area contributed by atoms with Crippen molar-refractivity contribution in [1.82, 2.24) is 9.80 Å². The Morgan fingerprint density at radius 1 is 1.44 bits per heavy atom. The van der Waals surface area contributed by atoms with Crippen LogP contribution in [-0.2, 0) is 0 Å². The molecule has 0 aliphatic carbocycles. The Kier molecular flexibility index (Phi) is 6.05.